The average molecular weight is 631 g/mol. The van der Waals surface area contributed by atoms with E-state index in [1.165, 1.54) is 11.1 Å². The lowest BCUT2D eigenvalue weighted by atomic mass is 9.95. The van der Waals surface area contributed by atoms with Gasteiger partial charge in [-0.1, -0.05) is 6.92 Å². The maximum absolute atomic E-state index is 13.9. The predicted molar refractivity (Wildman–Crippen MR) is 159 cm³/mol. The van der Waals surface area contributed by atoms with Crippen molar-refractivity contribution in [2.75, 3.05) is 76.7 Å². The molecule has 244 valence electrons. The lowest BCUT2D eigenvalue weighted by Crippen LogP contribution is -2.52. The van der Waals surface area contributed by atoms with Gasteiger partial charge in [0.15, 0.2) is 5.82 Å². The van der Waals surface area contributed by atoms with E-state index in [-0.39, 0.29) is 53.4 Å². The van der Waals surface area contributed by atoms with Crippen molar-refractivity contribution in [1.82, 2.24) is 39.6 Å². The second-order valence-corrected chi connectivity index (χ2v) is 11.6. The third-order valence-electron chi connectivity index (χ3n) is 8.68. The highest BCUT2D eigenvalue weighted by Crippen LogP contribution is 2.31. The Morgan fingerprint density at radius 3 is 2.27 bits per heavy atom. The average Bonchev–Trinajstić information content (AvgIpc) is 3.07. The minimum absolute atomic E-state index is 0.0136. The number of ether oxygens (including phenoxy) is 1. The van der Waals surface area contributed by atoms with E-state index in [1.807, 2.05) is 11.8 Å². The van der Waals surface area contributed by atoms with Crippen molar-refractivity contribution < 1.29 is 27.9 Å². The minimum atomic E-state index is -2.91. The number of hydrogen-bond donors (Lipinski definition) is 1. The van der Waals surface area contributed by atoms with Crippen LogP contribution in [0.15, 0.2) is 6.20 Å². The molecule has 5 heterocycles. The second-order valence-electron chi connectivity index (χ2n) is 11.6. The number of carbonyl (C=O) groups excluding carboxylic acids is 3. The van der Waals surface area contributed by atoms with E-state index in [0.717, 1.165) is 0 Å². The fourth-order valence-corrected chi connectivity index (χ4v) is 5.98. The Morgan fingerprint density at radius 2 is 1.62 bits per heavy atom. The van der Waals surface area contributed by atoms with Gasteiger partial charge in [0.1, 0.15) is 11.5 Å². The van der Waals surface area contributed by atoms with Crippen molar-refractivity contribution >= 4 is 29.6 Å². The van der Waals surface area contributed by atoms with Gasteiger partial charge in [0, 0.05) is 84.0 Å². The molecule has 5 rings (SSSR count). The summed E-state index contributed by atoms with van der Waals surface area (Å²) in [6.45, 7) is 5.55. The summed E-state index contributed by atoms with van der Waals surface area (Å²) in [5.41, 5.74) is 5.02. The maximum Gasteiger partial charge on any atom is 0.281 e. The first-order valence-electron chi connectivity index (χ1n) is 15.4. The summed E-state index contributed by atoms with van der Waals surface area (Å²) in [5, 5.41) is 0. The summed E-state index contributed by atoms with van der Waals surface area (Å²) in [7, 11) is 1.64. The second kappa shape index (κ2) is 14.3. The molecule has 0 unspecified atom stereocenters. The molecule has 0 saturated carbocycles. The molecule has 3 saturated heterocycles. The number of nitrogen functional groups attached to an aromatic ring is 1. The van der Waals surface area contributed by atoms with Gasteiger partial charge in [-0.15, -0.1) is 0 Å². The molecule has 3 amide bonds. The van der Waals surface area contributed by atoms with Gasteiger partial charge in [-0.3, -0.25) is 14.4 Å². The number of likely N-dealkylation sites (N-methyl/N-ethyl adjacent to an activating group) is 1. The van der Waals surface area contributed by atoms with Gasteiger partial charge < -0.3 is 30.1 Å². The number of rotatable bonds is 8. The molecule has 2 N–H and O–H groups in total. The molecule has 45 heavy (non-hydrogen) atoms. The van der Waals surface area contributed by atoms with Crippen LogP contribution in [0.5, 0.6) is 0 Å². The van der Waals surface area contributed by atoms with Gasteiger partial charge in [-0.2, -0.15) is 9.97 Å². The highest BCUT2D eigenvalue weighted by atomic mass is 19.3. The van der Waals surface area contributed by atoms with Crippen LogP contribution < -0.4 is 10.6 Å². The smallest absolute Gasteiger partial charge is 0.281 e. The van der Waals surface area contributed by atoms with E-state index < -0.39 is 12.1 Å². The summed E-state index contributed by atoms with van der Waals surface area (Å²) in [6, 6.07) is 0. The number of halogens is 2. The fourth-order valence-electron chi connectivity index (χ4n) is 5.98. The van der Waals surface area contributed by atoms with E-state index in [0.29, 0.717) is 96.4 Å². The first-order valence-corrected chi connectivity index (χ1v) is 15.4. The number of nitrogens with two attached hydrogens (primary N) is 1. The third-order valence-corrected chi connectivity index (χ3v) is 8.68. The number of piperazine rings is 1. The van der Waals surface area contributed by atoms with Crippen LogP contribution in [-0.4, -0.2) is 123 Å². The summed E-state index contributed by atoms with van der Waals surface area (Å²) in [6.07, 6.45) is 1.30. The molecular weight excluding hydrogens is 590 g/mol. The maximum atomic E-state index is 13.9. The molecule has 16 heteroatoms. The Labute approximate surface area is 260 Å². The highest BCUT2D eigenvalue weighted by Gasteiger charge is 2.32. The fraction of sp³-hybridized carbons (Fsp3) is 0.655. The zero-order valence-corrected chi connectivity index (χ0v) is 25.7. The molecule has 0 aliphatic carbocycles. The van der Waals surface area contributed by atoms with Crippen molar-refractivity contribution in [2.45, 2.75) is 51.4 Å². The van der Waals surface area contributed by atoms with Crippen LogP contribution in [0.1, 0.15) is 62.9 Å². The molecule has 2 aromatic rings. The summed E-state index contributed by atoms with van der Waals surface area (Å²) >= 11 is 0. The van der Waals surface area contributed by atoms with Gasteiger partial charge in [0.25, 0.3) is 6.43 Å². The Morgan fingerprint density at radius 1 is 0.956 bits per heavy atom. The molecule has 0 aromatic carbocycles. The van der Waals surface area contributed by atoms with Gasteiger partial charge in [0.2, 0.25) is 29.6 Å². The van der Waals surface area contributed by atoms with Crippen LogP contribution in [0.4, 0.5) is 20.7 Å². The topological polar surface area (TPSA) is 164 Å². The molecule has 0 atom stereocenters. The highest BCUT2D eigenvalue weighted by molar-refractivity contribution is 5.86. The molecule has 14 nitrogen and oxygen atoms in total. The van der Waals surface area contributed by atoms with Crippen LogP contribution in [0.3, 0.4) is 0 Å². The number of piperidine rings is 1. The first-order chi connectivity index (χ1) is 21.6. The number of hydrogen-bond acceptors (Lipinski definition) is 11. The van der Waals surface area contributed by atoms with E-state index in [2.05, 4.69) is 19.9 Å². The van der Waals surface area contributed by atoms with Gasteiger partial charge in [-0.05, 0) is 25.7 Å². The van der Waals surface area contributed by atoms with Crippen LogP contribution in [0.2, 0.25) is 0 Å². The van der Waals surface area contributed by atoms with Crippen molar-refractivity contribution in [2.24, 2.45) is 5.92 Å². The Balaban J connectivity index is 1.24. The normalized spacial score (nSPS) is 18.4. The van der Waals surface area contributed by atoms with Gasteiger partial charge >= 0.3 is 0 Å². The number of nitrogens with zero attached hydrogens (tertiary/aromatic N) is 9. The van der Waals surface area contributed by atoms with E-state index in [9.17, 15) is 23.2 Å². The standard InChI is InChI=1S/C29H40F2N10O4/c1-3-21(42)39-8-4-19(5-9-39)27(44)38(2)17-22(43)40-10-12-41(13-11-40)29-36-25(18-6-14-45-15-7-18)35-26(37-29)20-16-33-28(32)34-23(20)24(30)31/h16,18-19,24H,3-15,17H2,1-2H3,(H2,32,33,34). The summed E-state index contributed by atoms with van der Waals surface area (Å²) < 4.78 is 33.3. The molecular formula is C29H40F2N10O4. The Kier molecular flexibility index (Phi) is 10.3. The van der Waals surface area contributed by atoms with E-state index in [1.54, 1.807) is 16.8 Å². The van der Waals surface area contributed by atoms with Crippen LogP contribution in [-0.2, 0) is 19.1 Å². The van der Waals surface area contributed by atoms with Crippen molar-refractivity contribution in [3.8, 4) is 11.4 Å². The van der Waals surface area contributed by atoms with Crippen molar-refractivity contribution in [1.29, 1.82) is 0 Å². The first kappa shape index (κ1) is 32.3. The summed E-state index contributed by atoms with van der Waals surface area (Å²) in [5.74, 6) is 0.191. The van der Waals surface area contributed by atoms with Gasteiger partial charge in [-0.25, -0.2) is 23.7 Å². The molecule has 3 fully saturated rings. The number of anilines is 2. The molecule has 3 aliphatic heterocycles. The van der Waals surface area contributed by atoms with Crippen molar-refractivity contribution in [3.63, 3.8) is 0 Å². The Bertz CT molecular complexity index is 1380. The number of alkyl halides is 2. The van der Waals surface area contributed by atoms with Crippen LogP contribution in [0, 0.1) is 5.92 Å². The van der Waals surface area contributed by atoms with Crippen LogP contribution >= 0.6 is 0 Å². The molecule has 0 bridgehead atoms. The number of likely N-dealkylation sites (tertiary alicyclic amines) is 1. The monoisotopic (exact) mass is 630 g/mol. The zero-order chi connectivity index (χ0) is 32.1. The Hall–Kier alpha value is -4.08. The minimum Gasteiger partial charge on any atom is -0.381 e. The number of aromatic nitrogens is 5. The number of amides is 3. The lowest BCUT2D eigenvalue weighted by Gasteiger charge is -2.36. The molecule has 2 aromatic heterocycles. The number of carbonyl (C=O) groups is 3. The quantitative estimate of drug-likeness (QED) is 0.450. The van der Waals surface area contributed by atoms with Gasteiger partial charge in [0.05, 0.1) is 12.1 Å². The van der Waals surface area contributed by atoms with E-state index in [4.69, 9.17) is 15.5 Å². The lowest BCUT2D eigenvalue weighted by molar-refractivity contribution is -0.144. The van der Waals surface area contributed by atoms with Crippen molar-refractivity contribution in [3.05, 3.63) is 17.7 Å². The third kappa shape index (κ3) is 7.60. The largest absolute Gasteiger partial charge is 0.381 e. The summed E-state index contributed by atoms with van der Waals surface area (Å²) in [4.78, 5) is 66.5. The SMILES string of the molecule is CCC(=O)N1CCC(C(=O)N(C)CC(=O)N2CCN(c3nc(-c4cnc(N)nc4C(F)F)nc(C4CCOCC4)n3)CC2)CC1. The molecule has 3 aliphatic rings. The van der Waals surface area contributed by atoms with Crippen LogP contribution in [0.25, 0.3) is 11.4 Å². The zero-order valence-electron chi connectivity index (χ0n) is 25.7. The molecule has 0 radical (unpaired) electrons. The molecule has 0 spiro atoms. The predicted octanol–water partition coefficient (Wildman–Crippen LogP) is 1.50. The van der Waals surface area contributed by atoms with E-state index >= 15 is 0 Å².